The average molecular weight is 415 g/mol. The number of rotatable bonds is 6. The van der Waals surface area contributed by atoms with E-state index in [0.29, 0.717) is 24.4 Å². The molecule has 4 rings (SSSR count). The molecule has 0 bridgehead atoms. The summed E-state index contributed by atoms with van der Waals surface area (Å²) in [5.74, 6) is 0.554. The Bertz CT molecular complexity index is 950. The van der Waals surface area contributed by atoms with E-state index in [2.05, 4.69) is 9.87 Å². The van der Waals surface area contributed by atoms with E-state index in [0.717, 1.165) is 16.8 Å². The first-order valence-electron chi connectivity index (χ1n) is 9.40. The summed E-state index contributed by atoms with van der Waals surface area (Å²) in [7, 11) is 1.52. The molecule has 30 heavy (non-hydrogen) atoms. The molecule has 158 valence electrons. The van der Waals surface area contributed by atoms with Crippen LogP contribution >= 0.6 is 0 Å². The Morgan fingerprint density at radius 2 is 2.13 bits per heavy atom. The van der Waals surface area contributed by atoms with Gasteiger partial charge in [-0.3, -0.25) is 15.1 Å². The number of aromatic nitrogens is 1. The number of carbonyl (C=O) groups is 2. The molecule has 10 nitrogen and oxygen atoms in total. The quantitative estimate of drug-likeness (QED) is 0.545. The second-order valence-electron chi connectivity index (χ2n) is 7.14. The molecule has 1 fully saturated rings. The molecule has 0 aliphatic carbocycles. The zero-order chi connectivity index (χ0) is 21.3. The minimum absolute atomic E-state index is 0.121. The molecule has 2 N–H and O–H groups in total. The van der Waals surface area contributed by atoms with Gasteiger partial charge in [0.05, 0.1) is 5.69 Å². The highest BCUT2D eigenvalue weighted by atomic mass is 17.1. The van der Waals surface area contributed by atoms with Gasteiger partial charge in [0.2, 0.25) is 0 Å². The van der Waals surface area contributed by atoms with Gasteiger partial charge in [0.25, 0.3) is 0 Å². The summed E-state index contributed by atoms with van der Waals surface area (Å²) < 4.78 is 11.1. The fourth-order valence-electron chi connectivity index (χ4n) is 3.55. The van der Waals surface area contributed by atoms with Gasteiger partial charge in [0, 0.05) is 37.5 Å². The normalized spacial score (nSPS) is 19.5. The maximum atomic E-state index is 12.3. The first-order chi connectivity index (χ1) is 14.5. The standard InChI is InChI=1S/C20H21N3O7/c1-22(19(24)25)7-6-14-4-2-13(9-21-14)12-3-5-15-17(8-12)28-10-16-18(11-29-27)30-20(26)23(15)16/h2-5,8-9,16,18,27H,6-7,10-11H2,1H3,(H,24,25)/t16-,18-/m0/s1. The topological polar surface area (TPSA) is 122 Å². The lowest BCUT2D eigenvalue weighted by molar-refractivity contribution is -0.255. The van der Waals surface area contributed by atoms with Gasteiger partial charge in [-0.25, -0.2) is 14.5 Å². The van der Waals surface area contributed by atoms with Crippen LogP contribution in [0.3, 0.4) is 0 Å². The number of carbonyl (C=O) groups excluding carboxylic acids is 1. The van der Waals surface area contributed by atoms with Crippen LogP contribution in [0.4, 0.5) is 15.3 Å². The van der Waals surface area contributed by atoms with E-state index < -0.39 is 18.3 Å². The van der Waals surface area contributed by atoms with Gasteiger partial charge in [-0.1, -0.05) is 12.1 Å². The number of amides is 2. The molecule has 2 aromatic rings. The highest BCUT2D eigenvalue weighted by Crippen LogP contribution is 2.41. The Labute approximate surface area is 172 Å². The highest BCUT2D eigenvalue weighted by Gasteiger charge is 2.46. The van der Waals surface area contributed by atoms with Crippen molar-refractivity contribution in [3.05, 3.63) is 42.2 Å². The number of anilines is 1. The fourth-order valence-corrected chi connectivity index (χ4v) is 3.55. The second-order valence-corrected chi connectivity index (χ2v) is 7.14. The predicted molar refractivity (Wildman–Crippen MR) is 105 cm³/mol. The third-order valence-corrected chi connectivity index (χ3v) is 5.27. The maximum Gasteiger partial charge on any atom is 0.415 e. The van der Waals surface area contributed by atoms with Crippen molar-refractivity contribution in [3.63, 3.8) is 0 Å². The number of cyclic esters (lactones) is 1. The van der Waals surface area contributed by atoms with Crippen molar-refractivity contribution in [2.75, 3.05) is 31.7 Å². The van der Waals surface area contributed by atoms with Crippen molar-refractivity contribution in [2.24, 2.45) is 0 Å². The summed E-state index contributed by atoms with van der Waals surface area (Å²) in [6.45, 7) is 0.470. The van der Waals surface area contributed by atoms with Gasteiger partial charge in [-0.15, -0.1) is 0 Å². The SMILES string of the molecule is CN(CCc1ccc(-c2ccc3c(c2)OC[C@H]2[C@H](COO)OC(=O)N32)cn1)C(=O)O. The van der Waals surface area contributed by atoms with Crippen LogP contribution in [0.1, 0.15) is 5.69 Å². The largest absolute Gasteiger partial charge is 0.489 e. The van der Waals surface area contributed by atoms with Gasteiger partial charge >= 0.3 is 12.2 Å². The number of nitrogens with zero attached hydrogens (tertiary/aromatic N) is 3. The second kappa shape index (κ2) is 8.17. The van der Waals surface area contributed by atoms with Crippen molar-refractivity contribution in [1.82, 2.24) is 9.88 Å². The summed E-state index contributed by atoms with van der Waals surface area (Å²) in [4.78, 5) is 34.4. The zero-order valence-electron chi connectivity index (χ0n) is 16.2. The lowest BCUT2D eigenvalue weighted by Crippen LogP contribution is -2.45. The Hall–Kier alpha value is -3.37. The Morgan fingerprint density at radius 3 is 2.83 bits per heavy atom. The predicted octanol–water partition coefficient (Wildman–Crippen LogP) is 2.48. The van der Waals surface area contributed by atoms with Gasteiger partial charge in [-0.2, -0.15) is 0 Å². The number of carboxylic acid groups (broad SMARTS) is 1. The van der Waals surface area contributed by atoms with E-state index in [4.69, 9.17) is 19.8 Å². The molecule has 1 aromatic carbocycles. The molecule has 2 aliphatic heterocycles. The highest BCUT2D eigenvalue weighted by molar-refractivity contribution is 5.94. The van der Waals surface area contributed by atoms with E-state index in [-0.39, 0.29) is 19.3 Å². The third-order valence-electron chi connectivity index (χ3n) is 5.27. The van der Waals surface area contributed by atoms with Crippen molar-refractivity contribution >= 4 is 17.9 Å². The Kier molecular flexibility index (Phi) is 5.42. The van der Waals surface area contributed by atoms with E-state index in [1.54, 1.807) is 12.3 Å². The maximum absolute atomic E-state index is 12.3. The number of benzene rings is 1. The van der Waals surface area contributed by atoms with Gasteiger partial charge in [0.15, 0.2) is 6.10 Å². The zero-order valence-corrected chi connectivity index (χ0v) is 16.2. The Morgan fingerprint density at radius 1 is 1.33 bits per heavy atom. The van der Waals surface area contributed by atoms with Crippen LogP contribution in [-0.2, 0) is 16.0 Å². The van der Waals surface area contributed by atoms with Crippen LogP contribution in [0.25, 0.3) is 11.1 Å². The van der Waals surface area contributed by atoms with Crippen LogP contribution in [0.15, 0.2) is 36.5 Å². The van der Waals surface area contributed by atoms with Crippen molar-refractivity contribution < 1.29 is 34.3 Å². The third kappa shape index (κ3) is 3.74. The van der Waals surface area contributed by atoms with Gasteiger partial charge in [-0.05, 0) is 23.8 Å². The van der Waals surface area contributed by atoms with Crippen LogP contribution in [0.5, 0.6) is 5.75 Å². The molecular weight excluding hydrogens is 394 g/mol. The lowest BCUT2D eigenvalue weighted by Gasteiger charge is -2.31. The van der Waals surface area contributed by atoms with Crippen molar-refractivity contribution in [3.8, 4) is 16.9 Å². The van der Waals surface area contributed by atoms with Crippen molar-refractivity contribution in [1.29, 1.82) is 0 Å². The minimum Gasteiger partial charge on any atom is -0.489 e. The van der Waals surface area contributed by atoms with E-state index in [9.17, 15) is 9.59 Å². The fraction of sp³-hybridized carbons (Fsp3) is 0.350. The molecule has 2 aliphatic rings. The number of pyridine rings is 1. The molecular formula is C20H21N3O7. The molecule has 2 amide bonds. The molecule has 1 saturated heterocycles. The number of likely N-dealkylation sites (N-methyl/N-ethyl adjacent to an activating group) is 1. The van der Waals surface area contributed by atoms with Gasteiger partial charge in [0.1, 0.15) is 25.0 Å². The number of fused-ring (bicyclic) bond motifs is 3. The first kappa shape index (κ1) is 19.9. The number of ether oxygens (including phenoxy) is 2. The molecule has 0 unspecified atom stereocenters. The average Bonchev–Trinajstić information content (AvgIpc) is 3.08. The summed E-state index contributed by atoms with van der Waals surface area (Å²) in [6, 6.07) is 8.89. The number of hydrogen-bond donors (Lipinski definition) is 2. The first-order valence-corrected chi connectivity index (χ1v) is 9.40. The molecule has 3 heterocycles. The molecule has 0 saturated carbocycles. The van der Waals surface area contributed by atoms with Gasteiger partial charge < -0.3 is 19.5 Å². The smallest absolute Gasteiger partial charge is 0.415 e. The molecule has 1 aromatic heterocycles. The lowest BCUT2D eigenvalue weighted by atomic mass is 10.0. The monoisotopic (exact) mass is 415 g/mol. The van der Waals surface area contributed by atoms with Crippen molar-refractivity contribution in [2.45, 2.75) is 18.6 Å². The van der Waals surface area contributed by atoms with E-state index in [1.165, 1.54) is 16.8 Å². The van der Waals surface area contributed by atoms with E-state index >= 15 is 0 Å². The van der Waals surface area contributed by atoms with E-state index in [1.807, 2.05) is 24.3 Å². The molecule has 2 atom stereocenters. The van der Waals surface area contributed by atoms with Crippen LogP contribution < -0.4 is 9.64 Å². The summed E-state index contributed by atoms with van der Waals surface area (Å²) in [5, 5.41) is 17.6. The molecule has 10 heteroatoms. The summed E-state index contributed by atoms with van der Waals surface area (Å²) >= 11 is 0. The molecule has 0 radical (unpaired) electrons. The summed E-state index contributed by atoms with van der Waals surface area (Å²) in [6.07, 6.45) is 0.166. The van der Waals surface area contributed by atoms with Crippen LogP contribution in [-0.4, -0.2) is 71.4 Å². The summed E-state index contributed by atoms with van der Waals surface area (Å²) in [5.41, 5.74) is 3.13. The Balaban J connectivity index is 1.50. The van der Waals surface area contributed by atoms with Crippen LogP contribution in [0, 0.1) is 0 Å². The number of hydrogen-bond acceptors (Lipinski definition) is 7. The molecule has 0 spiro atoms. The minimum atomic E-state index is -0.972. The van der Waals surface area contributed by atoms with Crippen LogP contribution in [0.2, 0.25) is 0 Å².